The standard InChI is InChI=1S/C22H29N3O4S2/c1-15-4-7-20-16(12-15)13-21(30-20)22(26)23-18-14-17(5-6-19(18)29-3)31(27,28)25-10-8-24(2)9-11-25/h5-6,13-15H,4,7-12H2,1-3H3,(H,23,26). The van der Waals surface area contributed by atoms with Gasteiger partial charge in [-0.15, -0.1) is 11.3 Å². The highest BCUT2D eigenvalue weighted by molar-refractivity contribution is 7.89. The van der Waals surface area contributed by atoms with Gasteiger partial charge >= 0.3 is 0 Å². The predicted octanol–water partition coefficient (Wildman–Crippen LogP) is 3.07. The van der Waals surface area contributed by atoms with E-state index in [0.29, 0.717) is 48.4 Å². The fraction of sp³-hybridized carbons (Fsp3) is 0.500. The van der Waals surface area contributed by atoms with Crippen molar-refractivity contribution >= 4 is 33.0 Å². The van der Waals surface area contributed by atoms with Gasteiger partial charge in [-0.3, -0.25) is 4.79 Å². The number of thiophene rings is 1. The number of carbonyl (C=O) groups excluding carboxylic acids is 1. The Morgan fingerprint density at radius 3 is 2.65 bits per heavy atom. The number of anilines is 1. The molecule has 1 N–H and O–H groups in total. The van der Waals surface area contributed by atoms with Crippen molar-refractivity contribution in [1.29, 1.82) is 0 Å². The lowest BCUT2D eigenvalue weighted by molar-refractivity contribution is 0.103. The van der Waals surface area contributed by atoms with Crippen molar-refractivity contribution in [2.75, 3.05) is 45.7 Å². The molecule has 7 nitrogen and oxygen atoms in total. The number of carbonyl (C=O) groups is 1. The average molecular weight is 464 g/mol. The number of benzene rings is 1. The minimum Gasteiger partial charge on any atom is -0.495 e. The molecule has 31 heavy (non-hydrogen) atoms. The molecule has 2 aliphatic rings. The lowest BCUT2D eigenvalue weighted by atomic mass is 9.90. The molecule has 0 bridgehead atoms. The fourth-order valence-electron chi connectivity index (χ4n) is 4.12. The number of sulfonamides is 1. The molecule has 1 aromatic heterocycles. The zero-order valence-corrected chi connectivity index (χ0v) is 19.8. The van der Waals surface area contributed by atoms with Crippen LogP contribution in [-0.4, -0.2) is 63.9 Å². The Morgan fingerprint density at radius 2 is 1.94 bits per heavy atom. The van der Waals surface area contributed by atoms with Crippen LogP contribution in [-0.2, 0) is 22.9 Å². The number of hydrogen-bond acceptors (Lipinski definition) is 6. The van der Waals surface area contributed by atoms with Crippen LogP contribution in [0.25, 0.3) is 0 Å². The van der Waals surface area contributed by atoms with Crippen LogP contribution in [0, 0.1) is 5.92 Å². The van der Waals surface area contributed by atoms with E-state index in [1.54, 1.807) is 6.07 Å². The number of amides is 1. The van der Waals surface area contributed by atoms with Crippen LogP contribution in [0.15, 0.2) is 29.2 Å². The van der Waals surface area contributed by atoms with Crippen molar-refractivity contribution < 1.29 is 17.9 Å². The van der Waals surface area contributed by atoms with Crippen LogP contribution >= 0.6 is 11.3 Å². The Balaban J connectivity index is 1.57. The lowest BCUT2D eigenvalue weighted by Crippen LogP contribution is -2.47. The maximum Gasteiger partial charge on any atom is 0.265 e. The fourth-order valence-corrected chi connectivity index (χ4v) is 6.68. The summed E-state index contributed by atoms with van der Waals surface area (Å²) in [6.07, 6.45) is 3.16. The molecule has 168 valence electrons. The molecule has 0 spiro atoms. The average Bonchev–Trinajstić information content (AvgIpc) is 3.17. The van der Waals surface area contributed by atoms with Crippen LogP contribution < -0.4 is 10.1 Å². The van der Waals surface area contributed by atoms with Gasteiger partial charge in [0.1, 0.15) is 5.75 Å². The van der Waals surface area contributed by atoms with Crippen molar-refractivity contribution in [1.82, 2.24) is 9.21 Å². The molecule has 0 saturated carbocycles. The van der Waals surface area contributed by atoms with Crippen molar-refractivity contribution in [2.24, 2.45) is 5.92 Å². The van der Waals surface area contributed by atoms with Crippen LogP contribution in [0.3, 0.4) is 0 Å². The van der Waals surface area contributed by atoms with E-state index in [-0.39, 0.29) is 10.8 Å². The first kappa shape index (κ1) is 22.3. The molecule has 1 unspecified atom stereocenters. The number of piperazine rings is 1. The summed E-state index contributed by atoms with van der Waals surface area (Å²) in [5.74, 6) is 0.828. The number of likely N-dealkylation sites (N-methyl/N-ethyl adjacent to an activating group) is 1. The molecule has 1 aromatic carbocycles. The second kappa shape index (κ2) is 8.90. The number of hydrogen-bond donors (Lipinski definition) is 1. The molecule has 2 aromatic rings. The van der Waals surface area contributed by atoms with E-state index in [1.165, 1.54) is 45.3 Å². The van der Waals surface area contributed by atoms with E-state index in [2.05, 4.69) is 17.1 Å². The first-order chi connectivity index (χ1) is 14.8. The third-order valence-electron chi connectivity index (χ3n) is 6.07. The van der Waals surface area contributed by atoms with E-state index in [1.807, 2.05) is 13.1 Å². The van der Waals surface area contributed by atoms with Gasteiger partial charge in [-0.2, -0.15) is 4.31 Å². The Labute approximate surface area is 188 Å². The summed E-state index contributed by atoms with van der Waals surface area (Å²) in [6.45, 7) is 4.52. The summed E-state index contributed by atoms with van der Waals surface area (Å²) in [7, 11) is -0.154. The summed E-state index contributed by atoms with van der Waals surface area (Å²) < 4.78 is 33.1. The number of rotatable bonds is 5. The highest BCUT2D eigenvalue weighted by atomic mass is 32.2. The predicted molar refractivity (Wildman–Crippen MR) is 123 cm³/mol. The summed E-state index contributed by atoms with van der Waals surface area (Å²) in [6, 6.07) is 6.61. The maximum absolute atomic E-state index is 13.1. The second-order valence-electron chi connectivity index (χ2n) is 8.43. The van der Waals surface area contributed by atoms with Crippen LogP contribution in [0.1, 0.15) is 33.5 Å². The van der Waals surface area contributed by atoms with Gasteiger partial charge in [0.2, 0.25) is 10.0 Å². The largest absolute Gasteiger partial charge is 0.495 e. The minimum absolute atomic E-state index is 0.160. The summed E-state index contributed by atoms with van der Waals surface area (Å²) >= 11 is 1.53. The normalized spacial score (nSPS) is 20.3. The number of aryl methyl sites for hydroxylation is 1. The molecule has 1 saturated heterocycles. The Hall–Kier alpha value is -1.94. The zero-order valence-electron chi connectivity index (χ0n) is 18.2. The van der Waals surface area contributed by atoms with Gasteiger partial charge in [-0.25, -0.2) is 8.42 Å². The van der Waals surface area contributed by atoms with Crippen molar-refractivity contribution in [3.05, 3.63) is 39.6 Å². The van der Waals surface area contributed by atoms with Gasteiger partial charge in [0.05, 0.1) is 22.6 Å². The topological polar surface area (TPSA) is 79.0 Å². The van der Waals surface area contributed by atoms with Gasteiger partial charge in [0.15, 0.2) is 0 Å². The van der Waals surface area contributed by atoms with Crippen LogP contribution in [0.4, 0.5) is 5.69 Å². The molecule has 1 fully saturated rings. The molecule has 4 rings (SSSR count). The number of nitrogens with one attached hydrogen (secondary N) is 1. The van der Waals surface area contributed by atoms with E-state index in [4.69, 9.17) is 4.74 Å². The molecule has 2 heterocycles. The monoisotopic (exact) mass is 463 g/mol. The van der Waals surface area contributed by atoms with Gasteiger partial charge < -0.3 is 15.0 Å². The highest BCUT2D eigenvalue weighted by Gasteiger charge is 2.28. The Kier molecular flexibility index (Phi) is 6.39. The van der Waals surface area contributed by atoms with Crippen molar-refractivity contribution in [3.63, 3.8) is 0 Å². The molecule has 9 heteroatoms. The van der Waals surface area contributed by atoms with E-state index in [9.17, 15) is 13.2 Å². The molecule has 1 aliphatic heterocycles. The third kappa shape index (κ3) is 4.64. The third-order valence-corrected chi connectivity index (χ3v) is 9.20. The molecular weight excluding hydrogens is 434 g/mol. The molecule has 1 atom stereocenters. The first-order valence-electron chi connectivity index (χ1n) is 10.6. The maximum atomic E-state index is 13.1. The molecule has 1 aliphatic carbocycles. The molecule has 1 amide bonds. The SMILES string of the molecule is COc1ccc(S(=O)(=O)N2CCN(C)CC2)cc1NC(=O)c1cc2c(s1)CCC(C)C2. The smallest absolute Gasteiger partial charge is 0.265 e. The van der Waals surface area contributed by atoms with Crippen LogP contribution in [0.2, 0.25) is 0 Å². The van der Waals surface area contributed by atoms with Crippen molar-refractivity contribution in [2.45, 2.75) is 31.1 Å². The van der Waals surface area contributed by atoms with E-state index >= 15 is 0 Å². The quantitative estimate of drug-likeness (QED) is 0.737. The summed E-state index contributed by atoms with van der Waals surface area (Å²) in [4.78, 5) is 17.1. The number of nitrogens with zero attached hydrogens (tertiary/aromatic N) is 2. The Morgan fingerprint density at radius 1 is 1.19 bits per heavy atom. The van der Waals surface area contributed by atoms with Gasteiger partial charge in [0.25, 0.3) is 5.91 Å². The Bertz CT molecular complexity index is 1070. The number of fused-ring (bicyclic) bond motifs is 1. The van der Waals surface area contributed by atoms with Gasteiger partial charge in [-0.05, 0) is 62.1 Å². The highest BCUT2D eigenvalue weighted by Crippen LogP contribution is 2.34. The van der Waals surface area contributed by atoms with Gasteiger partial charge in [-0.1, -0.05) is 6.92 Å². The molecule has 0 radical (unpaired) electrons. The van der Waals surface area contributed by atoms with E-state index in [0.717, 1.165) is 19.3 Å². The molecular formula is C22H29N3O4S2. The number of methoxy groups -OCH3 is 1. The minimum atomic E-state index is -3.64. The van der Waals surface area contributed by atoms with Gasteiger partial charge in [0, 0.05) is 31.1 Å². The summed E-state index contributed by atoms with van der Waals surface area (Å²) in [5.41, 5.74) is 1.62. The van der Waals surface area contributed by atoms with E-state index < -0.39 is 10.0 Å². The lowest BCUT2D eigenvalue weighted by Gasteiger charge is -2.31. The van der Waals surface area contributed by atoms with Crippen molar-refractivity contribution in [3.8, 4) is 5.75 Å². The first-order valence-corrected chi connectivity index (χ1v) is 12.8. The second-order valence-corrected chi connectivity index (χ2v) is 11.5. The van der Waals surface area contributed by atoms with Crippen LogP contribution in [0.5, 0.6) is 5.75 Å². The number of ether oxygens (including phenoxy) is 1. The zero-order chi connectivity index (χ0) is 22.2. The summed E-state index contributed by atoms with van der Waals surface area (Å²) in [5, 5.41) is 2.88.